The standard InChI is InChI=1S/C14H17NO3/c1-9(16)15-14-4-3-12-5-11(6-13(12)7-14)8-18-10(2)17/h3-4,7,11H,5-6,8H2,1-2H3,(H,15,16). The zero-order valence-corrected chi connectivity index (χ0v) is 10.7. The van der Waals surface area contributed by atoms with E-state index in [0.29, 0.717) is 12.5 Å². The second-order valence-electron chi connectivity index (χ2n) is 4.74. The molecule has 1 atom stereocenters. The molecule has 0 aromatic heterocycles. The van der Waals surface area contributed by atoms with Gasteiger partial charge in [0, 0.05) is 25.5 Å². The summed E-state index contributed by atoms with van der Waals surface area (Å²) in [6.45, 7) is 3.40. The molecule has 4 heteroatoms. The van der Waals surface area contributed by atoms with E-state index in [1.165, 1.54) is 25.0 Å². The Kier molecular flexibility index (Phi) is 3.65. The number of hydrogen-bond donors (Lipinski definition) is 1. The van der Waals surface area contributed by atoms with Gasteiger partial charge in [-0.2, -0.15) is 0 Å². The number of carbonyl (C=O) groups excluding carboxylic acids is 2. The van der Waals surface area contributed by atoms with Crippen LogP contribution in [0.25, 0.3) is 0 Å². The number of anilines is 1. The largest absolute Gasteiger partial charge is 0.466 e. The Morgan fingerprint density at radius 3 is 2.67 bits per heavy atom. The topological polar surface area (TPSA) is 55.4 Å². The van der Waals surface area contributed by atoms with Gasteiger partial charge in [-0.1, -0.05) is 6.07 Å². The molecule has 1 N–H and O–H groups in total. The van der Waals surface area contributed by atoms with Crippen LogP contribution in [0.5, 0.6) is 0 Å². The normalized spacial score (nSPS) is 17.1. The molecule has 4 nitrogen and oxygen atoms in total. The SMILES string of the molecule is CC(=O)Nc1ccc2c(c1)CC(COC(C)=O)C2. The highest BCUT2D eigenvalue weighted by molar-refractivity contribution is 5.88. The molecule has 1 aliphatic carbocycles. The molecule has 1 aliphatic rings. The van der Waals surface area contributed by atoms with E-state index < -0.39 is 0 Å². The lowest BCUT2D eigenvalue weighted by molar-refractivity contribution is -0.142. The molecule has 0 radical (unpaired) electrons. The van der Waals surface area contributed by atoms with Crippen LogP contribution < -0.4 is 5.32 Å². The minimum atomic E-state index is -0.232. The smallest absolute Gasteiger partial charge is 0.302 e. The van der Waals surface area contributed by atoms with Crippen LogP contribution in [0.15, 0.2) is 18.2 Å². The van der Waals surface area contributed by atoms with Crippen molar-refractivity contribution in [1.82, 2.24) is 0 Å². The first-order valence-corrected chi connectivity index (χ1v) is 6.07. The Bertz CT molecular complexity index is 482. The quantitative estimate of drug-likeness (QED) is 0.830. The number of fused-ring (bicyclic) bond motifs is 1. The Morgan fingerprint density at radius 2 is 2.00 bits per heavy atom. The van der Waals surface area contributed by atoms with Crippen molar-refractivity contribution in [3.8, 4) is 0 Å². The van der Waals surface area contributed by atoms with Gasteiger partial charge < -0.3 is 10.1 Å². The fourth-order valence-electron chi connectivity index (χ4n) is 2.34. The Labute approximate surface area is 106 Å². The van der Waals surface area contributed by atoms with E-state index in [1.807, 2.05) is 18.2 Å². The maximum absolute atomic E-state index is 11.0. The van der Waals surface area contributed by atoms with E-state index in [9.17, 15) is 9.59 Å². The van der Waals surface area contributed by atoms with Crippen molar-refractivity contribution in [2.24, 2.45) is 5.92 Å². The van der Waals surface area contributed by atoms with Crippen LogP contribution in [-0.4, -0.2) is 18.5 Å². The molecule has 1 aromatic carbocycles. The molecule has 1 aromatic rings. The summed E-state index contributed by atoms with van der Waals surface area (Å²) in [4.78, 5) is 21.8. The molecule has 1 amide bonds. The van der Waals surface area contributed by atoms with Crippen molar-refractivity contribution in [3.63, 3.8) is 0 Å². The van der Waals surface area contributed by atoms with Crippen molar-refractivity contribution >= 4 is 17.6 Å². The summed E-state index contributed by atoms with van der Waals surface area (Å²) < 4.78 is 5.04. The van der Waals surface area contributed by atoms with Gasteiger partial charge in [-0.05, 0) is 36.1 Å². The highest BCUT2D eigenvalue weighted by Gasteiger charge is 2.22. The summed E-state index contributed by atoms with van der Waals surface area (Å²) in [7, 11) is 0. The zero-order chi connectivity index (χ0) is 13.1. The van der Waals surface area contributed by atoms with Crippen LogP contribution in [0.3, 0.4) is 0 Å². The number of esters is 1. The fraction of sp³-hybridized carbons (Fsp3) is 0.429. The molecule has 96 valence electrons. The number of hydrogen-bond acceptors (Lipinski definition) is 3. The second-order valence-corrected chi connectivity index (χ2v) is 4.74. The molecule has 0 aliphatic heterocycles. The first-order valence-electron chi connectivity index (χ1n) is 6.07. The lowest BCUT2D eigenvalue weighted by Gasteiger charge is -2.07. The summed E-state index contributed by atoms with van der Waals surface area (Å²) in [5.74, 6) is 0.0609. The number of amides is 1. The third-order valence-corrected chi connectivity index (χ3v) is 3.07. The first-order chi connectivity index (χ1) is 8.54. The highest BCUT2D eigenvalue weighted by Crippen LogP contribution is 2.29. The van der Waals surface area contributed by atoms with E-state index in [2.05, 4.69) is 5.32 Å². The number of ether oxygens (including phenoxy) is 1. The van der Waals surface area contributed by atoms with Gasteiger partial charge in [0.15, 0.2) is 0 Å². The number of benzene rings is 1. The van der Waals surface area contributed by atoms with Crippen LogP contribution >= 0.6 is 0 Å². The number of nitrogens with one attached hydrogen (secondary N) is 1. The van der Waals surface area contributed by atoms with Crippen molar-refractivity contribution in [1.29, 1.82) is 0 Å². The molecule has 2 rings (SSSR count). The van der Waals surface area contributed by atoms with Crippen molar-refractivity contribution in [3.05, 3.63) is 29.3 Å². The van der Waals surface area contributed by atoms with E-state index in [-0.39, 0.29) is 11.9 Å². The molecule has 1 unspecified atom stereocenters. The average molecular weight is 247 g/mol. The molecular weight excluding hydrogens is 230 g/mol. The lowest BCUT2D eigenvalue weighted by atomic mass is 10.1. The fourth-order valence-corrected chi connectivity index (χ4v) is 2.34. The van der Waals surface area contributed by atoms with Crippen molar-refractivity contribution in [2.75, 3.05) is 11.9 Å². The van der Waals surface area contributed by atoms with Crippen molar-refractivity contribution < 1.29 is 14.3 Å². The van der Waals surface area contributed by atoms with Gasteiger partial charge >= 0.3 is 5.97 Å². The monoisotopic (exact) mass is 247 g/mol. The summed E-state index contributed by atoms with van der Waals surface area (Å²) in [5, 5.41) is 2.78. The van der Waals surface area contributed by atoms with E-state index in [4.69, 9.17) is 4.74 Å². The number of carbonyl (C=O) groups is 2. The molecule has 0 fully saturated rings. The lowest BCUT2D eigenvalue weighted by Crippen LogP contribution is -2.12. The first kappa shape index (κ1) is 12.6. The van der Waals surface area contributed by atoms with E-state index >= 15 is 0 Å². The van der Waals surface area contributed by atoms with Gasteiger partial charge in [-0.25, -0.2) is 0 Å². The number of rotatable bonds is 3. The van der Waals surface area contributed by atoms with Crippen LogP contribution in [0.4, 0.5) is 5.69 Å². The minimum absolute atomic E-state index is 0.0654. The summed E-state index contributed by atoms with van der Waals surface area (Å²) >= 11 is 0. The van der Waals surface area contributed by atoms with Crippen LogP contribution in [-0.2, 0) is 27.2 Å². The van der Waals surface area contributed by atoms with Crippen LogP contribution in [0, 0.1) is 5.92 Å². The van der Waals surface area contributed by atoms with Gasteiger partial charge in [-0.3, -0.25) is 9.59 Å². The van der Waals surface area contributed by atoms with Crippen LogP contribution in [0.1, 0.15) is 25.0 Å². The van der Waals surface area contributed by atoms with Crippen molar-refractivity contribution in [2.45, 2.75) is 26.7 Å². The second kappa shape index (κ2) is 5.21. The molecule has 18 heavy (non-hydrogen) atoms. The average Bonchev–Trinajstić information content (AvgIpc) is 2.67. The van der Waals surface area contributed by atoms with Gasteiger partial charge in [0.2, 0.25) is 5.91 Å². The summed E-state index contributed by atoms with van der Waals surface area (Å²) in [6, 6.07) is 5.95. The maximum atomic E-state index is 11.0. The summed E-state index contributed by atoms with van der Waals surface area (Å²) in [5.41, 5.74) is 3.34. The highest BCUT2D eigenvalue weighted by atomic mass is 16.5. The van der Waals surface area contributed by atoms with Gasteiger partial charge in [0.05, 0.1) is 6.61 Å². The van der Waals surface area contributed by atoms with E-state index in [0.717, 1.165) is 18.5 Å². The van der Waals surface area contributed by atoms with Gasteiger partial charge in [-0.15, -0.1) is 0 Å². The molecular formula is C14H17NO3. The molecule has 0 heterocycles. The van der Waals surface area contributed by atoms with Crippen LogP contribution in [0.2, 0.25) is 0 Å². The Morgan fingerprint density at radius 1 is 1.28 bits per heavy atom. The summed E-state index contributed by atoms with van der Waals surface area (Å²) in [6.07, 6.45) is 1.83. The van der Waals surface area contributed by atoms with Gasteiger partial charge in [0.1, 0.15) is 0 Å². The Hall–Kier alpha value is -1.84. The molecule has 0 spiro atoms. The maximum Gasteiger partial charge on any atom is 0.302 e. The third kappa shape index (κ3) is 3.09. The predicted molar refractivity (Wildman–Crippen MR) is 68.3 cm³/mol. The van der Waals surface area contributed by atoms with Gasteiger partial charge in [0.25, 0.3) is 0 Å². The zero-order valence-electron chi connectivity index (χ0n) is 10.7. The minimum Gasteiger partial charge on any atom is -0.466 e. The molecule has 0 saturated heterocycles. The molecule has 0 bridgehead atoms. The third-order valence-electron chi connectivity index (χ3n) is 3.07. The predicted octanol–water partition coefficient (Wildman–Crippen LogP) is 1.92. The van der Waals surface area contributed by atoms with E-state index in [1.54, 1.807) is 0 Å². The molecule has 0 saturated carbocycles. The Balaban J connectivity index is 2.01.